The third-order valence-corrected chi connectivity index (χ3v) is 5.77. The smallest absolute Gasteiger partial charge is 0.180 e. The quantitative estimate of drug-likeness (QED) is 0.596. The van der Waals surface area contributed by atoms with Crippen molar-refractivity contribution in [3.8, 4) is 10.6 Å². The average Bonchev–Trinajstić information content (AvgIpc) is 3.30. The summed E-state index contributed by atoms with van der Waals surface area (Å²) in [6.45, 7) is 0. The molecule has 130 valence electrons. The molecule has 6 nitrogen and oxygen atoms in total. The number of benzene rings is 1. The van der Waals surface area contributed by atoms with Crippen molar-refractivity contribution in [2.45, 2.75) is 25.3 Å². The molecular weight excluding hydrogens is 351 g/mol. The average molecular weight is 366 g/mol. The second kappa shape index (κ2) is 6.14. The van der Waals surface area contributed by atoms with Crippen molar-refractivity contribution in [1.29, 1.82) is 0 Å². The Balaban J connectivity index is 1.49. The lowest BCUT2D eigenvalue weighted by Crippen LogP contribution is -2.18. The van der Waals surface area contributed by atoms with E-state index in [2.05, 4.69) is 20.5 Å². The van der Waals surface area contributed by atoms with Gasteiger partial charge in [-0.2, -0.15) is 0 Å². The van der Waals surface area contributed by atoms with Crippen LogP contribution in [-0.2, 0) is 6.42 Å². The molecule has 1 aliphatic carbocycles. The first-order valence-electron chi connectivity index (χ1n) is 8.44. The minimum atomic E-state index is -0.232. The van der Waals surface area contributed by atoms with Gasteiger partial charge in [-0.1, -0.05) is 0 Å². The third kappa shape index (κ3) is 2.62. The van der Waals surface area contributed by atoms with Crippen LogP contribution in [-0.4, -0.2) is 24.6 Å². The van der Waals surface area contributed by atoms with E-state index in [1.807, 2.05) is 4.40 Å². The van der Waals surface area contributed by atoms with Crippen LogP contribution in [0.1, 0.15) is 29.5 Å². The van der Waals surface area contributed by atoms with E-state index in [9.17, 15) is 4.39 Å². The van der Waals surface area contributed by atoms with Gasteiger partial charge in [-0.3, -0.25) is 9.38 Å². The number of rotatable bonds is 3. The SMILES string of the molecule is Fc1ccc(-c2nc3c(s2)CCCC3Nc2cncc3nncn23)cc1. The Morgan fingerprint density at radius 1 is 1.19 bits per heavy atom. The van der Waals surface area contributed by atoms with Crippen LogP contribution in [0.4, 0.5) is 10.2 Å². The number of hydrogen-bond acceptors (Lipinski definition) is 6. The minimum absolute atomic E-state index is 0.110. The van der Waals surface area contributed by atoms with Crippen LogP contribution in [0.2, 0.25) is 0 Å². The largest absolute Gasteiger partial charge is 0.361 e. The van der Waals surface area contributed by atoms with E-state index in [1.165, 1.54) is 17.0 Å². The summed E-state index contributed by atoms with van der Waals surface area (Å²) in [7, 11) is 0. The summed E-state index contributed by atoms with van der Waals surface area (Å²) < 4.78 is 15.1. The number of hydrogen-bond donors (Lipinski definition) is 1. The van der Waals surface area contributed by atoms with Crippen molar-refractivity contribution in [3.63, 3.8) is 0 Å². The van der Waals surface area contributed by atoms with Crippen LogP contribution in [0.25, 0.3) is 16.2 Å². The predicted octanol–water partition coefficient (Wildman–Crippen LogP) is 3.88. The summed E-state index contributed by atoms with van der Waals surface area (Å²) in [5, 5.41) is 12.5. The number of aromatic nitrogens is 5. The van der Waals surface area contributed by atoms with Crippen molar-refractivity contribution < 1.29 is 4.39 Å². The Morgan fingerprint density at radius 3 is 2.96 bits per heavy atom. The lowest BCUT2D eigenvalue weighted by atomic mass is 9.97. The van der Waals surface area contributed by atoms with Gasteiger partial charge < -0.3 is 5.32 Å². The number of aryl methyl sites for hydroxylation is 1. The van der Waals surface area contributed by atoms with Gasteiger partial charge in [0.05, 0.1) is 24.1 Å². The van der Waals surface area contributed by atoms with Gasteiger partial charge >= 0.3 is 0 Å². The zero-order valence-corrected chi connectivity index (χ0v) is 14.6. The Morgan fingerprint density at radius 2 is 2.08 bits per heavy atom. The first-order valence-corrected chi connectivity index (χ1v) is 9.25. The molecule has 0 bridgehead atoms. The highest BCUT2D eigenvalue weighted by molar-refractivity contribution is 7.15. The molecule has 0 radical (unpaired) electrons. The minimum Gasteiger partial charge on any atom is -0.361 e. The monoisotopic (exact) mass is 366 g/mol. The van der Waals surface area contributed by atoms with E-state index >= 15 is 0 Å². The summed E-state index contributed by atoms with van der Waals surface area (Å²) in [4.78, 5) is 10.4. The number of thiazole rings is 1. The van der Waals surface area contributed by atoms with Crippen LogP contribution in [0.3, 0.4) is 0 Å². The Labute approximate surface area is 152 Å². The second-order valence-electron chi connectivity index (χ2n) is 6.28. The molecule has 1 atom stereocenters. The fourth-order valence-corrected chi connectivity index (χ4v) is 4.48. The summed E-state index contributed by atoms with van der Waals surface area (Å²) in [5.74, 6) is 0.617. The van der Waals surface area contributed by atoms with E-state index in [0.29, 0.717) is 5.65 Å². The van der Waals surface area contributed by atoms with E-state index in [0.717, 1.165) is 41.3 Å². The zero-order valence-electron chi connectivity index (χ0n) is 13.8. The molecule has 3 aromatic heterocycles. The van der Waals surface area contributed by atoms with E-state index in [-0.39, 0.29) is 11.9 Å². The summed E-state index contributed by atoms with van der Waals surface area (Å²) in [6.07, 6.45) is 8.26. The van der Waals surface area contributed by atoms with Gasteiger partial charge in [0.1, 0.15) is 23.0 Å². The van der Waals surface area contributed by atoms with Crippen molar-refractivity contribution >= 4 is 22.8 Å². The molecule has 1 unspecified atom stereocenters. The van der Waals surface area contributed by atoms with E-state index in [4.69, 9.17) is 4.98 Å². The molecule has 26 heavy (non-hydrogen) atoms. The highest BCUT2D eigenvalue weighted by Gasteiger charge is 2.25. The number of anilines is 1. The summed E-state index contributed by atoms with van der Waals surface area (Å²) >= 11 is 1.69. The third-order valence-electron chi connectivity index (χ3n) is 4.59. The van der Waals surface area contributed by atoms with Gasteiger partial charge in [0.15, 0.2) is 5.65 Å². The normalized spacial score (nSPS) is 16.6. The van der Waals surface area contributed by atoms with Gasteiger partial charge in [0.25, 0.3) is 0 Å². The number of fused-ring (bicyclic) bond motifs is 2. The van der Waals surface area contributed by atoms with Crippen LogP contribution >= 0.6 is 11.3 Å². The topological polar surface area (TPSA) is 68.0 Å². The molecule has 0 saturated carbocycles. The molecule has 4 aromatic rings. The van der Waals surface area contributed by atoms with E-state index in [1.54, 1.807) is 42.2 Å². The molecule has 0 amide bonds. The van der Waals surface area contributed by atoms with Crippen LogP contribution in [0.15, 0.2) is 43.0 Å². The molecule has 1 aliphatic rings. The fourth-order valence-electron chi connectivity index (χ4n) is 3.31. The molecule has 0 fully saturated rings. The van der Waals surface area contributed by atoms with Gasteiger partial charge in [-0.15, -0.1) is 21.5 Å². The molecule has 0 saturated heterocycles. The maximum atomic E-state index is 13.2. The predicted molar refractivity (Wildman–Crippen MR) is 97.6 cm³/mol. The molecular formula is C18H15FN6S. The molecule has 1 N–H and O–H groups in total. The van der Waals surface area contributed by atoms with Crippen molar-refractivity contribution in [3.05, 3.63) is 59.4 Å². The van der Waals surface area contributed by atoms with Gasteiger partial charge in [-0.05, 0) is 43.5 Å². The highest BCUT2D eigenvalue weighted by Crippen LogP contribution is 2.38. The maximum absolute atomic E-state index is 13.2. The van der Waals surface area contributed by atoms with Crippen LogP contribution < -0.4 is 5.32 Å². The fraction of sp³-hybridized carbons (Fsp3) is 0.222. The standard InChI is InChI=1S/C18H15FN6S/c19-12-6-4-11(5-7-12)18-23-17-13(2-1-3-14(17)26-18)22-15-8-20-9-16-24-21-10-25(15)16/h4-10,13,22H,1-3H2. The molecule has 3 heterocycles. The lowest BCUT2D eigenvalue weighted by Gasteiger charge is -2.23. The number of halogens is 1. The summed E-state index contributed by atoms with van der Waals surface area (Å²) in [5.41, 5.74) is 2.73. The lowest BCUT2D eigenvalue weighted by molar-refractivity contribution is 0.591. The highest BCUT2D eigenvalue weighted by atomic mass is 32.1. The first kappa shape index (κ1) is 15.4. The number of nitrogens with one attached hydrogen (secondary N) is 1. The molecule has 8 heteroatoms. The Hall–Kier alpha value is -2.87. The van der Waals surface area contributed by atoms with Crippen LogP contribution in [0, 0.1) is 5.82 Å². The first-order chi connectivity index (χ1) is 12.8. The van der Waals surface area contributed by atoms with Crippen molar-refractivity contribution in [2.75, 3.05) is 5.32 Å². The number of nitrogens with zero attached hydrogens (tertiary/aromatic N) is 5. The van der Waals surface area contributed by atoms with Gasteiger partial charge in [0.2, 0.25) is 0 Å². The van der Waals surface area contributed by atoms with E-state index < -0.39 is 0 Å². The van der Waals surface area contributed by atoms with Crippen molar-refractivity contribution in [2.24, 2.45) is 0 Å². The molecule has 0 aliphatic heterocycles. The van der Waals surface area contributed by atoms with Gasteiger partial charge in [0, 0.05) is 10.4 Å². The maximum Gasteiger partial charge on any atom is 0.180 e. The van der Waals surface area contributed by atoms with Crippen LogP contribution in [0.5, 0.6) is 0 Å². The Kier molecular flexibility index (Phi) is 3.63. The molecule has 1 aromatic carbocycles. The van der Waals surface area contributed by atoms with Gasteiger partial charge in [-0.25, -0.2) is 9.37 Å². The zero-order chi connectivity index (χ0) is 17.5. The second-order valence-corrected chi connectivity index (χ2v) is 7.36. The molecule has 0 spiro atoms. The summed E-state index contributed by atoms with van der Waals surface area (Å²) in [6, 6.07) is 6.63. The van der Waals surface area contributed by atoms with Crippen molar-refractivity contribution in [1.82, 2.24) is 24.6 Å². The Bertz CT molecular complexity index is 1070. The molecule has 5 rings (SSSR count).